The third-order valence-corrected chi connectivity index (χ3v) is 7.27. The van der Waals surface area contributed by atoms with Crippen molar-refractivity contribution in [2.45, 2.75) is 23.6 Å². The molecule has 1 aliphatic carbocycles. The Kier molecular flexibility index (Phi) is 6.02. The van der Waals surface area contributed by atoms with E-state index in [-0.39, 0.29) is 21.2 Å². The largest absolute Gasteiger partial charge is 0.282 e. The molecule has 2 aromatic carbocycles. The van der Waals surface area contributed by atoms with Crippen LogP contribution in [0.15, 0.2) is 89.8 Å². The minimum atomic E-state index is -3.90. The molecule has 0 atom stereocenters. The third kappa shape index (κ3) is 5.17. The lowest BCUT2D eigenvalue weighted by Crippen LogP contribution is -2.10. The summed E-state index contributed by atoms with van der Waals surface area (Å²) < 4.78 is 57.8. The van der Waals surface area contributed by atoms with Crippen LogP contribution >= 0.6 is 15.9 Å². The van der Waals surface area contributed by atoms with Gasteiger partial charge in [-0.15, -0.1) is 0 Å². The summed E-state index contributed by atoms with van der Waals surface area (Å²) in [6.07, 6.45) is 4.22. The summed E-state index contributed by atoms with van der Waals surface area (Å²) in [6.45, 7) is 3.72. The van der Waals surface area contributed by atoms with E-state index in [2.05, 4.69) is 24.7 Å². The first kappa shape index (κ1) is 21.4. The molecule has 0 radical (unpaired) electrons. The van der Waals surface area contributed by atoms with Crippen molar-refractivity contribution in [1.82, 2.24) is 0 Å². The number of aryl methyl sites for hydroxylation is 2. The second-order valence-corrected chi connectivity index (χ2v) is 10.5. The Hall–Kier alpha value is -2.36. The van der Waals surface area contributed by atoms with Crippen molar-refractivity contribution in [3.8, 4) is 0 Å². The highest BCUT2D eigenvalue weighted by atomic mass is 79.9. The minimum Gasteiger partial charge on any atom is -0.199 e. The van der Waals surface area contributed by atoms with Crippen LogP contribution in [0.3, 0.4) is 0 Å². The lowest BCUT2D eigenvalue weighted by molar-refractivity contribution is 0.596. The third-order valence-electron chi connectivity index (χ3n) is 4.01. The van der Waals surface area contributed by atoms with Crippen molar-refractivity contribution in [2.75, 3.05) is 0 Å². The van der Waals surface area contributed by atoms with Crippen LogP contribution < -0.4 is 0 Å². The molecular weight excluding hydrogens is 476 g/mol. The standard InChI is InChI=1S/C20H17BrN2O4S2/c1-14-3-8-17(9-4-14)28(24,25)22-16-7-12-20(19(21)13-16)23-29(26,27)18-10-5-15(2)6-11-18/h3-13H,1-2H3/b22-16-,23-20+. The molecule has 0 unspecified atom stereocenters. The Bertz CT molecular complexity index is 1270. The molecule has 9 heteroatoms. The van der Waals surface area contributed by atoms with Gasteiger partial charge in [-0.25, -0.2) is 0 Å². The van der Waals surface area contributed by atoms with Gasteiger partial charge in [-0.1, -0.05) is 35.4 Å². The zero-order chi connectivity index (χ0) is 21.2. The van der Waals surface area contributed by atoms with Gasteiger partial charge < -0.3 is 0 Å². The van der Waals surface area contributed by atoms with E-state index in [9.17, 15) is 16.8 Å². The average molecular weight is 493 g/mol. The second-order valence-electron chi connectivity index (χ2n) is 6.39. The van der Waals surface area contributed by atoms with Crippen molar-refractivity contribution in [3.63, 3.8) is 0 Å². The summed E-state index contributed by atoms with van der Waals surface area (Å²) in [5, 5.41) is 0. The van der Waals surface area contributed by atoms with Gasteiger partial charge in [0, 0.05) is 4.48 Å². The van der Waals surface area contributed by atoms with Crippen LogP contribution in [0.25, 0.3) is 0 Å². The summed E-state index contributed by atoms with van der Waals surface area (Å²) in [7, 11) is -7.79. The molecular formula is C20H17BrN2O4S2. The molecule has 6 nitrogen and oxygen atoms in total. The summed E-state index contributed by atoms with van der Waals surface area (Å²) in [5.41, 5.74) is 2.18. The van der Waals surface area contributed by atoms with Crippen molar-refractivity contribution in [2.24, 2.45) is 8.80 Å². The van der Waals surface area contributed by atoms with Crippen LogP contribution in [-0.2, 0) is 20.0 Å². The highest BCUT2D eigenvalue weighted by molar-refractivity contribution is 9.12. The number of benzene rings is 2. The van der Waals surface area contributed by atoms with Crippen LogP contribution in [-0.4, -0.2) is 28.3 Å². The quantitative estimate of drug-likeness (QED) is 0.600. The lowest BCUT2D eigenvalue weighted by atomic mass is 10.1. The predicted molar refractivity (Wildman–Crippen MR) is 118 cm³/mol. The summed E-state index contributed by atoms with van der Waals surface area (Å²) in [6, 6.07) is 12.7. The normalized spacial score (nSPS) is 17.6. The molecule has 0 spiro atoms. The number of sulfonamides is 2. The van der Waals surface area contributed by atoms with Gasteiger partial charge in [0.15, 0.2) is 0 Å². The molecule has 0 saturated carbocycles. The fourth-order valence-electron chi connectivity index (χ4n) is 2.42. The maximum atomic E-state index is 12.5. The molecule has 0 amide bonds. The number of rotatable bonds is 4. The number of hydrogen-bond acceptors (Lipinski definition) is 4. The summed E-state index contributed by atoms with van der Waals surface area (Å²) >= 11 is 3.24. The van der Waals surface area contributed by atoms with E-state index in [0.717, 1.165) is 11.1 Å². The van der Waals surface area contributed by atoms with E-state index >= 15 is 0 Å². The van der Waals surface area contributed by atoms with E-state index in [4.69, 9.17) is 0 Å². The fraction of sp³-hybridized carbons (Fsp3) is 0.100. The minimum absolute atomic E-state index is 0.0747. The first-order chi connectivity index (χ1) is 13.6. The molecule has 0 N–H and O–H groups in total. The van der Waals surface area contributed by atoms with E-state index in [0.29, 0.717) is 4.48 Å². The first-order valence-corrected chi connectivity index (χ1v) is 12.1. The van der Waals surface area contributed by atoms with Gasteiger partial charge in [0.2, 0.25) is 0 Å². The van der Waals surface area contributed by atoms with Crippen LogP contribution in [0.2, 0.25) is 0 Å². The Labute approximate surface area is 178 Å². The highest BCUT2D eigenvalue weighted by Crippen LogP contribution is 2.21. The fourth-order valence-corrected chi connectivity index (χ4v) is 4.97. The molecule has 150 valence electrons. The predicted octanol–water partition coefficient (Wildman–Crippen LogP) is 4.11. The SMILES string of the molecule is Cc1ccc(S(=O)(=O)/N=C2C=C/C(=N\S(=O)(=O)c3ccc(C)cc3)C(Br)=C/2)cc1. The molecule has 0 fully saturated rings. The second kappa shape index (κ2) is 8.17. The molecule has 0 heterocycles. The topological polar surface area (TPSA) is 93.0 Å². The van der Waals surface area contributed by atoms with Crippen LogP contribution in [0.1, 0.15) is 11.1 Å². The number of halogens is 1. The van der Waals surface area contributed by atoms with Gasteiger partial charge in [-0.3, -0.25) is 0 Å². The molecule has 3 rings (SSSR count). The molecule has 2 aromatic rings. The molecule has 0 aliphatic heterocycles. The van der Waals surface area contributed by atoms with Crippen LogP contribution in [0.4, 0.5) is 0 Å². The van der Waals surface area contributed by atoms with Crippen molar-refractivity contribution < 1.29 is 16.8 Å². The maximum absolute atomic E-state index is 12.5. The molecule has 0 aromatic heterocycles. The number of allylic oxidation sites excluding steroid dienone is 4. The summed E-state index contributed by atoms with van der Waals surface area (Å²) in [5.74, 6) is 0. The Morgan fingerprint density at radius 2 is 1.14 bits per heavy atom. The molecule has 0 saturated heterocycles. The van der Waals surface area contributed by atoms with E-state index in [1.165, 1.54) is 42.5 Å². The Morgan fingerprint density at radius 1 is 0.690 bits per heavy atom. The lowest BCUT2D eigenvalue weighted by Gasteiger charge is -2.08. The highest BCUT2D eigenvalue weighted by Gasteiger charge is 2.18. The van der Waals surface area contributed by atoms with Gasteiger partial charge in [0.05, 0.1) is 21.2 Å². The van der Waals surface area contributed by atoms with Crippen LogP contribution in [0.5, 0.6) is 0 Å². The zero-order valence-corrected chi connectivity index (χ0v) is 18.8. The Balaban J connectivity index is 1.90. The molecule has 0 bridgehead atoms. The molecule has 29 heavy (non-hydrogen) atoms. The van der Waals surface area contributed by atoms with E-state index in [1.807, 2.05) is 13.8 Å². The van der Waals surface area contributed by atoms with Gasteiger partial charge >= 0.3 is 0 Å². The van der Waals surface area contributed by atoms with Crippen molar-refractivity contribution in [1.29, 1.82) is 0 Å². The monoisotopic (exact) mass is 492 g/mol. The summed E-state index contributed by atoms with van der Waals surface area (Å²) in [4.78, 5) is 0.153. The van der Waals surface area contributed by atoms with Gasteiger partial charge in [0.1, 0.15) is 0 Å². The number of hydrogen-bond donors (Lipinski definition) is 0. The van der Waals surface area contributed by atoms with Crippen LogP contribution in [0, 0.1) is 13.8 Å². The van der Waals surface area contributed by atoms with E-state index in [1.54, 1.807) is 24.3 Å². The van der Waals surface area contributed by atoms with Gasteiger partial charge in [0.25, 0.3) is 20.0 Å². The maximum Gasteiger partial charge on any atom is 0.282 e. The van der Waals surface area contributed by atoms with Crippen molar-refractivity contribution in [3.05, 3.63) is 82.4 Å². The van der Waals surface area contributed by atoms with Crippen molar-refractivity contribution >= 4 is 47.4 Å². The number of nitrogens with zero attached hydrogens (tertiary/aromatic N) is 2. The Morgan fingerprint density at radius 3 is 1.59 bits per heavy atom. The van der Waals surface area contributed by atoms with Gasteiger partial charge in [-0.05, 0) is 72.3 Å². The van der Waals surface area contributed by atoms with Gasteiger partial charge in [-0.2, -0.15) is 25.6 Å². The van der Waals surface area contributed by atoms with E-state index < -0.39 is 20.0 Å². The molecule has 1 aliphatic rings. The zero-order valence-electron chi connectivity index (χ0n) is 15.6. The first-order valence-electron chi connectivity index (χ1n) is 8.46. The average Bonchev–Trinajstić information content (AvgIpc) is 2.64. The smallest absolute Gasteiger partial charge is 0.199 e.